The first-order valence-electron chi connectivity index (χ1n) is 4.78. The van der Waals surface area contributed by atoms with Crippen molar-refractivity contribution in [3.63, 3.8) is 0 Å². The van der Waals surface area contributed by atoms with Crippen LogP contribution in [0.5, 0.6) is 0 Å². The highest BCUT2D eigenvalue weighted by Crippen LogP contribution is 2.02. The van der Waals surface area contributed by atoms with Crippen LogP contribution in [0.15, 0.2) is 0 Å². The molecule has 1 N–H and O–H groups in total. The van der Waals surface area contributed by atoms with Crippen LogP contribution in [-0.4, -0.2) is 36.5 Å². The SMILES string of the molecule is CCCN1CCCNC(C)C1=O. The number of nitrogens with one attached hydrogen (secondary N) is 1. The summed E-state index contributed by atoms with van der Waals surface area (Å²) < 4.78 is 0. The van der Waals surface area contributed by atoms with Crippen molar-refractivity contribution in [2.24, 2.45) is 0 Å². The molecule has 1 aliphatic rings. The van der Waals surface area contributed by atoms with E-state index in [9.17, 15) is 4.79 Å². The molecule has 0 saturated carbocycles. The Morgan fingerprint density at radius 1 is 1.67 bits per heavy atom. The third kappa shape index (κ3) is 2.21. The number of hydrogen-bond donors (Lipinski definition) is 1. The zero-order valence-corrected chi connectivity index (χ0v) is 7.97. The predicted molar refractivity (Wildman–Crippen MR) is 49.0 cm³/mol. The first-order chi connectivity index (χ1) is 5.75. The lowest BCUT2D eigenvalue weighted by atomic mass is 10.3. The number of rotatable bonds is 2. The molecule has 0 aromatic heterocycles. The highest BCUT2D eigenvalue weighted by Gasteiger charge is 2.21. The molecule has 1 unspecified atom stereocenters. The monoisotopic (exact) mass is 170 g/mol. The Bertz CT molecular complexity index is 159. The first kappa shape index (κ1) is 9.52. The second kappa shape index (κ2) is 4.45. The van der Waals surface area contributed by atoms with Crippen LogP contribution in [0.1, 0.15) is 26.7 Å². The average molecular weight is 170 g/mol. The second-order valence-electron chi connectivity index (χ2n) is 3.35. The molecule has 1 aliphatic heterocycles. The van der Waals surface area contributed by atoms with Gasteiger partial charge in [0.15, 0.2) is 0 Å². The van der Waals surface area contributed by atoms with Crippen molar-refractivity contribution in [1.82, 2.24) is 10.2 Å². The van der Waals surface area contributed by atoms with Gasteiger partial charge in [-0.1, -0.05) is 6.92 Å². The largest absolute Gasteiger partial charge is 0.341 e. The quantitative estimate of drug-likeness (QED) is 0.658. The van der Waals surface area contributed by atoms with Crippen molar-refractivity contribution in [2.45, 2.75) is 32.7 Å². The third-order valence-electron chi connectivity index (χ3n) is 2.23. The normalized spacial score (nSPS) is 25.7. The summed E-state index contributed by atoms with van der Waals surface area (Å²) in [6, 6.07) is 0.0130. The van der Waals surface area contributed by atoms with Crippen LogP contribution in [0.4, 0.5) is 0 Å². The van der Waals surface area contributed by atoms with Crippen molar-refractivity contribution >= 4 is 5.91 Å². The van der Waals surface area contributed by atoms with Gasteiger partial charge in [0.05, 0.1) is 6.04 Å². The summed E-state index contributed by atoms with van der Waals surface area (Å²) in [5.74, 6) is 0.259. The van der Waals surface area contributed by atoms with Crippen molar-refractivity contribution in [1.29, 1.82) is 0 Å². The van der Waals surface area contributed by atoms with Gasteiger partial charge in [0.25, 0.3) is 0 Å². The minimum Gasteiger partial charge on any atom is -0.341 e. The fraction of sp³-hybridized carbons (Fsp3) is 0.889. The minimum atomic E-state index is 0.0130. The van der Waals surface area contributed by atoms with E-state index in [1.165, 1.54) is 0 Å². The molecule has 1 rings (SSSR count). The molecule has 1 amide bonds. The van der Waals surface area contributed by atoms with Gasteiger partial charge >= 0.3 is 0 Å². The molecule has 0 aliphatic carbocycles. The Morgan fingerprint density at radius 3 is 3.08 bits per heavy atom. The van der Waals surface area contributed by atoms with Crippen LogP contribution in [0, 0.1) is 0 Å². The molecular weight excluding hydrogens is 152 g/mol. The van der Waals surface area contributed by atoms with Gasteiger partial charge in [0.2, 0.25) is 5.91 Å². The molecule has 3 heteroatoms. The van der Waals surface area contributed by atoms with E-state index < -0.39 is 0 Å². The summed E-state index contributed by atoms with van der Waals surface area (Å²) in [6.45, 7) is 6.84. The van der Waals surface area contributed by atoms with Gasteiger partial charge in [-0.05, 0) is 26.3 Å². The summed E-state index contributed by atoms with van der Waals surface area (Å²) in [5, 5.41) is 3.19. The van der Waals surface area contributed by atoms with Crippen molar-refractivity contribution in [2.75, 3.05) is 19.6 Å². The van der Waals surface area contributed by atoms with E-state index in [1.807, 2.05) is 11.8 Å². The Balaban J connectivity index is 2.52. The zero-order valence-electron chi connectivity index (χ0n) is 7.97. The summed E-state index contributed by atoms with van der Waals surface area (Å²) >= 11 is 0. The van der Waals surface area contributed by atoms with Crippen molar-refractivity contribution in [3.05, 3.63) is 0 Å². The molecule has 1 saturated heterocycles. The predicted octanol–water partition coefficient (Wildman–Crippen LogP) is 0.607. The van der Waals surface area contributed by atoms with E-state index >= 15 is 0 Å². The topological polar surface area (TPSA) is 32.3 Å². The summed E-state index contributed by atoms with van der Waals surface area (Å²) in [7, 11) is 0. The van der Waals surface area contributed by atoms with Crippen LogP contribution in [0.3, 0.4) is 0 Å². The van der Waals surface area contributed by atoms with Gasteiger partial charge in [0.1, 0.15) is 0 Å². The fourth-order valence-corrected chi connectivity index (χ4v) is 1.55. The van der Waals surface area contributed by atoms with E-state index in [2.05, 4.69) is 12.2 Å². The van der Waals surface area contributed by atoms with Crippen LogP contribution in [0.2, 0.25) is 0 Å². The van der Waals surface area contributed by atoms with Crippen LogP contribution < -0.4 is 5.32 Å². The number of carbonyl (C=O) groups is 1. The van der Waals surface area contributed by atoms with Gasteiger partial charge in [-0.2, -0.15) is 0 Å². The van der Waals surface area contributed by atoms with E-state index in [1.54, 1.807) is 0 Å². The fourth-order valence-electron chi connectivity index (χ4n) is 1.55. The van der Waals surface area contributed by atoms with Crippen molar-refractivity contribution < 1.29 is 4.79 Å². The maximum atomic E-state index is 11.6. The summed E-state index contributed by atoms with van der Waals surface area (Å²) in [5.41, 5.74) is 0. The second-order valence-corrected chi connectivity index (χ2v) is 3.35. The number of hydrogen-bond acceptors (Lipinski definition) is 2. The Hall–Kier alpha value is -0.570. The molecule has 0 spiro atoms. The van der Waals surface area contributed by atoms with Gasteiger partial charge in [-0.25, -0.2) is 0 Å². The van der Waals surface area contributed by atoms with E-state index in [0.29, 0.717) is 0 Å². The standard InChI is InChI=1S/C9H18N2O/c1-3-6-11-7-4-5-10-8(2)9(11)12/h8,10H,3-7H2,1-2H3. The van der Waals surface area contributed by atoms with Crippen LogP contribution in [-0.2, 0) is 4.79 Å². The molecule has 0 bridgehead atoms. The maximum absolute atomic E-state index is 11.6. The molecule has 0 aromatic carbocycles. The lowest BCUT2D eigenvalue weighted by Crippen LogP contribution is -2.41. The molecule has 0 aromatic rings. The molecule has 0 radical (unpaired) electrons. The Kier molecular flexibility index (Phi) is 3.53. The maximum Gasteiger partial charge on any atom is 0.239 e. The third-order valence-corrected chi connectivity index (χ3v) is 2.23. The van der Waals surface area contributed by atoms with Gasteiger partial charge in [0, 0.05) is 13.1 Å². The molecule has 1 fully saturated rings. The minimum absolute atomic E-state index is 0.0130. The number of nitrogens with zero attached hydrogens (tertiary/aromatic N) is 1. The molecular formula is C9H18N2O. The van der Waals surface area contributed by atoms with E-state index in [-0.39, 0.29) is 11.9 Å². The van der Waals surface area contributed by atoms with E-state index in [0.717, 1.165) is 32.5 Å². The smallest absolute Gasteiger partial charge is 0.239 e. The summed E-state index contributed by atoms with van der Waals surface area (Å²) in [4.78, 5) is 13.6. The number of amides is 1. The highest BCUT2D eigenvalue weighted by atomic mass is 16.2. The molecule has 1 atom stereocenters. The van der Waals surface area contributed by atoms with Gasteiger partial charge in [-0.3, -0.25) is 4.79 Å². The molecule has 12 heavy (non-hydrogen) atoms. The average Bonchev–Trinajstić information content (AvgIpc) is 2.20. The molecule has 3 nitrogen and oxygen atoms in total. The number of carbonyl (C=O) groups excluding carboxylic acids is 1. The highest BCUT2D eigenvalue weighted by molar-refractivity contribution is 5.81. The van der Waals surface area contributed by atoms with Crippen LogP contribution in [0.25, 0.3) is 0 Å². The lowest BCUT2D eigenvalue weighted by molar-refractivity contribution is -0.132. The van der Waals surface area contributed by atoms with Crippen molar-refractivity contribution in [3.8, 4) is 0 Å². The van der Waals surface area contributed by atoms with Gasteiger partial charge < -0.3 is 10.2 Å². The van der Waals surface area contributed by atoms with Gasteiger partial charge in [-0.15, -0.1) is 0 Å². The zero-order chi connectivity index (χ0) is 8.97. The summed E-state index contributed by atoms with van der Waals surface area (Å²) in [6.07, 6.45) is 2.13. The Morgan fingerprint density at radius 2 is 2.42 bits per heavy atom. The Labute approximate surface area is 74.1 Å². The first-order valence-corrected chi connectivity index (χ1v) is 4.78. The lowest BCUT2D eigenvalue weighted by Gasteiger charge is -2.21. The van der Waals surface area contributed by atoms with Crippen LogP contribution >= 0.6 is 0 Å². The molecule has 1 heterocycles. The molecule has 70 valence electrons. The van der Waals surface area contributed by atoms with E-state index in [4.69, 9.17) is 0 Å².